The molecular weight excluding hydrogens is 144 g/mol. The van der Waals surface area contributed by atoms with Crippen LogP contribution in [0, 0.1) is 0 Å². The fourth-order valence-corrected chi connectivity index (χ4v) is 1.08. The van der Waals surface area contributed by atoms with Gasteiger partial charge in [-0.25, -0.2) is 0 Å². The molecule has 0 aromatic carbocycles. The molecule has 1 aliphatic heterocycles. The fourth-order valence-electron chi connectivity index (χ4n) is 1.08. The summed E-state index contributed by atoms with van der Waals surface area (Å²) in [5.74, 6) is 0.163. The number of ether oxygens (including phenoxy) is 1. The molecule has 0 bridgehead atoms. The van der Waals surface area contributed by atoms with E-state index in [0.717, 1.165) is 13.1 Å². The number of hydrogen-bond donors (Lipinski definition) is 1. The zero-order valence-electron chi connectivity index (χ0n) is 6.80. The molecule has 1 rings (SSSR count). The van der Waals surface area contributed by atoms with Crippen molar-refractivity contribution in [1.82, 2.24) is 10.2 Å². The van der Waals surface area contributed by atoms with Crippen LogP contribution in [-0.4, -0.2) is 50.7 Å². The number of nitrogens with zero attached hydrogens (tertiary/aromatic N) is 1. The molecule has 0 unspecified atom stereocenters. The second kappa shape index (κ2) is 4.31. The van der Waals surface area contributed by atoms with Gasteiger partial charge in [-0.2, -0.15) is 0 Å². The lowest BCUT2D eigenvalue weighted by atomic mass is 10.4. The number of amides is 1. The maximum atomic E-state index is 11.2. The molecular formula is C7H14N2O2. The molecule has 64 valence electrons. The summed E-state index contributed by atoms with van der Waals surface area (Å²) >= 11 is 0. The fraction of sp³-hybridized carbons (Fsp3) is 0.857. The van der Waals surface area contributed by atoms with Gasteiger partial charge in [0.2, 0.25) is 5.91 Å². The van der Waals surface area contributed by atoms with Gasteiger partial charge >= 0.3 is 0 Å². The quantitative estimate of drug-likeness (QED) is 0.564. The van der Waals surface area contributed by atoms with Crippen molar-refractivity contribution in [2.75, 3.05) is 39.9 Å². The normalized spacial score (nSPS) is 18.5. The standard InChI is InChI=1S/C7H14N2O2/c1-8-6-7(10)9-2-4-11-5-3-9/h8H,2-6H2,1H3. The van der Waals surface area contributed by atoms with Gasteiger partial charge < -0.3 is 15.0 Å². The molecule has 4 heteroatoms. The van der Waals surface area contributed by atoms with E-state index in [-0.39, 0.29) is 5.91 Å². The first kappa shape index (κ1) is 8.49. The first-order valence-electron chi connectivity index (χ1n) is 3.84. The SMILES string of the molecule is CNCC(=O)N1CCOCC1. The van der Waals surface area contributed by atoms with Crippen molar-refractivity contribution in [2.24, 2.45) is 0 Å². The van der Waals surface area contributed by atoms with Crippen molar-refractivity contribution in [3.63, 3.8) is 0 Å². The average Bonchev–Trinajstić information content (AvgIpc) is 2.07. The van der Waals surface area contributed by atoms with E-state index in [1.165, 1.54) is 0 Å². The molecule has 4 nitrogen and oxygen atoms in total. The first-order valence-corrected chi connectivity index (χ1v) is 3.84. The van der Waals surface area contributed by atoms with Crippen LogP contribution in [0.5, 0.6) is 0 Å². The third-order valence-corrected chi connectivity index (χ3v) is 1.69. The lowest BCUT2D eigenvalue weighted by molar-refractivity contribution is -0.134. The summed E-state index contributed by atoms with van der Waals surface area (Å²) < 4.78 is 5.11. The van der Waals surface area contributed by atoms with Gasteiger partial charge in [-0.3, -0.25) is 4.79 Å². The van der Waals surface area contributed by atoms with E-state index in [2.05, 4.69) is 5.32 Å². The molecule has 0 aromatic rings. The van der Waals surface area contributed by atoms with E-state index in [4.69, 9.17) is 4.74 Å². The lowest BCUT2D eigenvalue weighted by Crippen LogP contribution is -2.44. The minimum absolute atomic E-state index is 0.163. The Morgan fingerprint density at radius 2 is 2.18 bits per heavy atom. The van der Waals surface area contributed by atoms with Gasteiger partial charge in [0.05, 0.1) is 19.8 Å². The van der Waals surface area contributed by atoms with Gasteiger partial charge in [0.25, 0.3) is 0 Å². The summed E-state index contributed by atoms with van der Waals surface area (Å²) in [4.78, 5) is 13.0. The van der Waals surface area contributed by atoms with Crippen LogP contribution in [0.1, 0.15) is 0 Å². The van der Waals surface area contributed by atoms with Crippen LogP contribution in [0.25, 0.3) is 0 Å². The van der Waals surface area contributed by atoms with Gasteiger partial charge in [0, 0.05) is 13.1 Å². The Bertz CT molecular complexity index is 132. The summed E-state index contributed by atoms with van der Waals surface area (Å²) in [6.45, 7) is 3.26. The zero-order chi connectivity index (χ0) is 8.10. The van der Waals surface area contributed by atoms with Crippen molar-refractivity contribution in [3.05, 3.63) is 0 Å². The Morgan fingerprint density at radius 1 is 1.55 bits per heavy atom. The predicted molar refractivity (Wildman–Crippen MR) is 41.3 cm³/mol. The second-order valence-corrected chi connectivity index (χ2v) is 2.52. The molecule has 1 N–H and O–H groups in total. The summed E-state index contributed by atoms with van der Waals surface area (Å²) in [5.41, 5.74) is 0. The number of carbonyl (C=O) groups excluding carboxylic acids is 1. The van der Waals surface area contributed by atoms with Crippen molar-refractivity contribution in [2.45, 2.75) is 0 Å². The Balaban J connectivity index is 2.27. The predicted octanol–water partition coefficient (Wildman–Crippen LogP) is -0.935. The molecule has 11 heavy (non-hydrogen) atoms. The van der Waals surface area contributed by atoms with E-state index in [1.807, 2.05) is 4.90 Å². The molecule has 0 spiro atoms. The second-order valence-electron chi connectivity index (χ2n) is 2.52. The Kier molecular flexibility index (Phi) is 3.32. The van der Waals surface area contributed by atoms with Gasteiger partial charge in [-0.05, 0) is 7.05 Å². The largest absolute Gasteiger partial charge is 0.378 e. The third kappa shape index (κ3) is 2.48. The molecule has 0 aromatic heterocycles. The molecule has 1 aliphatic rings. The van der Waals surface area contributed by atoms with Crippen LogP contribution >= 0.6 is 0 Å². The smallest absolute Gasteiger partial charge is 0.236 e. The highest BCUT2D eigenvalue weighted by molar-refractivity contribution is 5.78. The number of morpholine rings is 1. The monoisotopic (exact) mass is 158 g/mol. The Labute approximate surface area is 66.5 Å². The molecule has 1 saturated heterocycles. The van der Waals surface area contributed by atoms with E-state index >= 15 is 0 Å². The molecule has 1 fully saturated rings. The third-order valence-electron chi connectivity index (χ3n) is 1.69. The summed E-state index contributed by atoms with van der Waals surface area (Å²) in [6, 6.07) is 0. The van der Waals surface area contributed by atoms with E-state index in [9.17, 15) is 4.79 Å². The molecule has 0 atom stereocenters. The number of carbonyl (C=O) groups is 1. The molecule has 1 heterocycles. The van der Waals surface area contributed by atoms with Crippen LogP contribution in [0.2, 0.25) is 0 Å². The first-order chi connectivity index (χ1) is 5.34. The van der Waals surface area contributed by atoms with Crippen molar-refractivity contribution >= 4 is 5.91 Å². The zero-order valence-corrected chi connectivity index (χ0v) is 6.80. The number of likely N-dealkylation sites (N-methyl/N-ethyl adjacent to an activating group) is 1. The number of rotatable bonds is 2. The summed E-state index contributed by atoms with van der Waals surface area (Å²) in [6.07, 6.45) is 0. The van der Waals surface area contributed by atoms with Crippen LogP contribution < -0.4 is 5.32 Å². The van der Waals surface area contributed by atoms with Gasteiger partial charge in [-0.15, -0.1) is 0 Å². The number of hydrogen-bond acceptors (Lipinski definition) is 3. The van der Waals surface area contributed by atoms with Gasteiger partial charge in [-0.1, -0.05) is 0 Å². The highest BCUT2D eigenvalue weighted by Crippen LogP contribution is 1.95. The van der Waals surface area contributed by atoms with Crippen LogP contribution in [0.3, 0.4) is 0 Å². The van der Waals surface area contributed by atoms with Crippen molar-refractivity contribution in [3.8, 4) is 0 Å². The highest BCUT2D eigenvalue weighted by Gasteiger charge is 2.14. The van der Waals surface area contributed by atoms with E-state index in [1.54, 1.807) is 7.05 Å². The van der Waals surface area contributed by atoms with Crippen molar-refractivity contribution in [1.29, 1.82) is 0 Å². The topological polar surface area (TPSA) is 41.6 Å². The summed E-state index contributed by atoms with van der Waals surface area (Å²) in [5, 5.41) is 2.83. The van der Waals surface area contributed by atoms with E-state index < -0.39 is 0 Å². The highest BCUT2D eigenvalue weighted by atomic mass is 16.5. The van der Waals surface area contributed by atoms with E-state index in [0.29, 0.717) is 19.8 Å². The number of nitrogens with one attached hydrogen (secondary N) is 1. The molecule has 0 radical (unpaired) electrons. The summed E-state index contributed by atoms with van der Waals surface area (Å²) in [7, 11) is 1.78. The minimum Gasteiger partial charge on any atom is -0.378 e. The van der Waals surface area contributed by atoms with Gasteiger partial charge in [0.1, 0.15) is 0 Å². The van der Waals surface area contributed by atoms with Gasteiger partial charge in [0.15, 0.2) is 0 Å². The van der Waals surface area contributed by atoms with Crippen LogP contribution in [-0.2, 0) is 9.53 Å². The molecule has 0 aliphatic carbocycles. The minimum atomic E-state index is 0.163. The molecule has 0 saturated carbocycles. The maximum absolute atomic E-state index is 11.2. The maximum Gasteiger partial charge on any atom is 0.236 e. The van der Waals surface area contributed by atoms with Crippen molar-refractivity contribution < 1.29 is 9.53 Å². The lowest BCUT2D eigenvalue weighted by Gasteiger charge is -2.26. The molecule has 1 amide bonds. The average molecular weight is 158 g/mol. The Morgan fingerprint density at radius 3 is 2.73 bits per heavy atom. The Hall–Kier alpha value is -0.610. The van der Waals surface area contributed by atoms with Crippen LogP contribution in [0.4, 0.5) is 0 Å². The van der Waals surface area contributed by atoms with Crippen LogP contribution in [0.15, 0.2) is 0 Å².